The summed E-state index contributed by atoms with van der Waals surface area (Å²) in [7, 11) is 0. The summed E-state index contributed by atoms with van der Waals surface area (Å²) in [5, 5.41) is 13.2. The molecule has 0 radical (unpaired) electrons. The summed E-state index contributed by atoms with van der Waals surface area (Å²) >= 11 is 5.66. The summed E-state index contributed by atoms with van der Waals surface area (Å²) in [6, 6.07) is 2.84. The molecular weight excluding hydrogens is 284 g/mol. The number of hydrogen-bond acceptors (Lipinski definition) is 5. The normalized spacial score (nSPS) is 10.1. The Kier molecular flexibility index (Phi) is 3.90. The van der Waals surface area contributed by atoms with Crippen molar-refractivity contribution in [3.8, 4) is 0 Å². The van der Waals surface area contributed by atoms with Gasteiger partial charge in [0.2, 0.25) is 5.15 Å². The summed E-state index contributed by atoms with van der Waals surface area (Å²) in [6.07, 6.45) is 4.32. The Balaban J connectivity index is 2.38. The highest BCUT2D eigenvalue weighted by Gasteiger charge is 2.25. The van der Waals surface area contributed by atoms with E-state index < -0.39 is 16.5 Å². The van der Waals surface area contributed by atoms with Gasteiger partial charge >= 0.3 is 5.69 Å². The lowest BCUT2D eigenvalue weighted by atomic mass is 10.2. The third-order valence-electron chi connectivity index (χ3n) is 2.58. The van der Waals surface area contributed by atoms with Crippen LogP contribution in [0.5, 0.6) is 0 Å². The Morgan fingerprint density at radius 2 is 2.15 bits per heavy atom. The third-order valence-corrected chi connectivity index (χ3v) is 2.85. The van der Waals surface area contributed by atoms with Crippen LogP contribution < -0.4 is 5.32 Å². The number of nitrogens with one attached hydrogen (secondary N) is 1. The monoisotopic (exact) mass is 292 g/mol. The van der Waals surface area contributed by atoms with Crippen LogP contribution in [-0.2, 0) is 0 Å². The number of hydrogen-bond donors (Lipinski definition) is 1. The van der Waals surface area contributed by atoms with Gasteiger partial charge in [0.05, 0.1) is 4.92 Å². The summed E-state index contributed by atoms with van der Waals surface area (Å²) in [5.74, 6) is -0.629. The molecule has 0 unspecified atom stereocenters. The highest BCUT2D eigenvalue weighted by molar-refractivity contribution is 6.32. The molecule has 2 heterocycles. The molecule has 102 valence electrons. The Hall–Kier alpha value is -2.54. The average Bonchev–Trinajstić information content (AvgIpc) is 2.40. The van der Waals surface area contributed by atoms with E-state index in [1.807, 2.05) is 0 Å². The van der Waals surface area contributed by atoms with Gasteiger partial charge < -0.3 is 5.32 Å². The van der Waals surface area contributed by atoms with Gasteiger partial charge in [-0.25, -0.2) is 4.98 Å². The molecule has 0 aliphatic carbocycles. The molecule has 2 aromatic heterocycles. The van der Waals surface area contributed by atoms with Crippen LogP contribution in [0.2, 0.25) is 5.15 Å². The molecule has 0 atom stereocenters. The third kappa shape index (κ3) is 2.72. The van der Waals surface area contributed by atoms with Crippen LogP contribution in [0.1, 0.15) is 15.9 Å². The van der Waals surface area contributed by atoms with Gasteiger partial charge in [0, 0.05) is 24.3 Å². The predicted molar refractivity (Wildman–Crippen MR) is 72.8 cm³/mol. The Morgan fingerprint density at radius 1 is 1.40 bits per heavy atom. The number of nitrogens with zero attached hydrogens (tertiary/aromatic N) is 3. The second-order valence-electron chi connectivity index (χ2n) is 3.90. The standard InChI is InChI=1S/C12H9ClN4O3/c1-7-6-14-4-3-9(7)16-12(18)8-2-5-15-11(13)10(8)17(19)20/h2-6H,1H3,(H,14,16,18). The number of anilines is 1. The molecule has 0 saturated heterocycles. The molecule has 2 rings (SSSR count). The number of rotatable bonds is 3. The van der Waals surface area contributed by atoms with Crippen molar-refractivity contribution in [2.75, 3.05) is 5.32 Å². The van der Waals surface area contributed by atoms with Crippen molar-refractivity contribution in [3.63, 3.8) is 0 Å². The number of amides is 1. The van der Waals surface area contributed by atoms with Crippen LogP contribution in [0, 0.1) is 17.0 Å². The molecule has 20 heavy (non-hydrogen) atoms. The van der Waals surface area contributed by atoms with E-state index in [4.69, 9.17) is 11.6 Å². The maximum absolute atomic E-state index is 12.1. The molecule has 0 aromatic carbocycles. The van der Waals surface area contributed by atoms with Gasteiger partial charge in [-0.2, -0.15) is 0 Å². The van der Waals surface area contributed by atoms with Gasteiger partial charge in [-0.05, 0) is 24.6 Å². The highest BCUT2D eigenvalue weighted by Crippen LogP contribution is 2.26. The molecule has 8 heteroatoms. The number of carbonyl (C=O) groups is 1. The zero-order valence-corrected chi connectivity index (χ0v) is 11.1. The molecule has 0 bridgehead atoms. The number of carbonyl (C=O) groups excluding carboxylic acids is 1. The quantitative estimate of drug-likeness (QED) is 0.532. The largest absolute Gasteiger partial charge is 0.321 e. The van der Waals surface area contributed by atoms with Crippen molar-refractivity contribution in [2.24, 2.45) is 0 Å². The van der Waals surface area contributed by atoms with E-state index in [0.717, 1.165) is 5.56 Å². The van der Waals surface area contributed by atoms with E-state index in [0.29, 0.717) is 5.69 Å². The molecular formula is C12H9ClN4O3. The van der Waals surface area contributed by atoms with E-state index in [1.165, 1.54) is 18.5 Å². The molecule has 0 saturated carbocycles. The highest BCUT2D eigenvalue weighted by atomic mass is 35.5. The van der Waals surface area contributed by atoms with Crippen LogP contribution in [-0.4, -0.2) is 20.8 Å². The lowest BCUT2D eigenvalue weighted by Crippen LogP contribution is -2.15. The van der Waals surface area contributed by atoms with Crippen molar-refractivity contribution >= 4 is 28.9 Å². The van der Waals surface area contributed by atoms with E-state index in [-0.39, 0.29) is 10.7 Å². The first-order valence-corrected chi connectivity index (χ1v) is 5.89. The molecule has 2 aromatic rings. The zero-order valence-electron chi connectivity index (χ0n) is 10.3. The van der Waals surface area contributed by atoms with Crippen molar-refractivity contribution < 1.29 is 9.72 Å². The minimum Gasteiger partial charge on any atom is -0.321 e. The van der Waals surface area contributed by atoms with Gasteiger partial charge in [-0.3, -0.25) is 19.9 Å². The molecule has 7 nitrogen and oxygen atoms in total. The van der Waals surface area contributed by atoms with Crippen LogP contribution in [0.15, 0.2) is 30.7 Å². The van der Waals surface area contributed by atoms with Crippen LogP contribution in [0.25, 0.3) is 0 Å². The molecule has 0 fully saturated rings. The topological polar surface area (TPSA) is 98.0 Å². The lowest BCUT2D eigenvalue weighted by Gasteiger charge is -2.08. The molecule has 1 amide bonds. The Labute approximate surface area is 118 Å². The first-order chi connectivity index (χ1) is 9.50. The number of halogens is 1. The van der Waals surface area contributed by atoms with Gasteiger partial charge in [-0.15, -0.1) is 0 Å². The van der Waals surface area contributed by atoms with E-state index >= 15 is 0 Å². The summed E-state index contributed by atoms with van der Waals surface area (Å²) < 4.78 is 0. The first-order valence-electron chi connectivity index (χ1n) is 5.51. The van der Waals surface area contributed by atoms with E-state index in [2.05, 4.69) is 15.3 Å². The number of aryl methyl sites for hydroxylation is 1. The van der Waals surface area contributed by atoms with Gasteiger partial charge in [-0.1, -0.05) is 11.6 Å². The minimum absolute atomic E-state index is 0.147. The maximum atomic E-state index is 12.1. The summed E-state index contributed by atoms with van der Waals surface area (Å²) in [6.45, 7) is 1.76. The van der Waals surface area contributed by atoms with E-state index in [9.17, 15) is 14.9 Å². The fourth-order valence-corrected chi connectivity index (χ4v) is 1.82. The molecule has 0 aliphatic heterocycles. The van der Waals surface area contributed by atoms with Crippen LogP contribution in [0.3, 0.4) is 0 Å². The minimum atomic E-state index is -0.732. The van der Waals surface area contributed by atoms with Crippen molar-refractivity contribution in [1.82, 2.24) is 9.97 Å². The predicted octanol–water partition coefficient (Wildman–Crippen LogP) is 2.60. The molecule has 1 N–H and O–H groups in total. The van der Waals surface area contributed by atoms with Crippen molar-refractivity contribution in [3.05, 3.63) is 57.1 Å². The van der Waals surface area contributed by atoms with Crippen LogP contribution in [0.4, 0.5) is 11.4 Å². The van der Waals surface area contributed by atoms with Gasteiger partial charge in [0.15, 0.2) is 0 Å². The van der Waals surface area contributed by atoms with Crippen molar-refractivity contribution in [2.45, 2.75) is 6.92 Å². The lowest BCUT2D eigenvalue weighted by molar-refractivity contribution is -0.385. The van der Waals surface area contributed by atoms with Gasteiger partial charge in [0.25, 0.3) is 5.91 Å². The first kappa shape index (κ1) is 13.9. The molecule has 0 aliphatic rings. The zero-order chi connectivity index (χ0) is 14.7. The van der Waals surface area contributed by atoms with E-state index in [1.54, 1.807) is 19.2 Å². The maximum Gasteiger partial charge on any atom is 0.319 e. The summed E-state index contributed by atoms with van der Waals surface area (Å²) in [4.78, 5) is 29.8. The fraction of sp³-hybridized carbons (Fsp3) is 0.0833. The SMILES string of the molecule is Cc1cnccc1NC(=O)c1ccnc(Cl)c1[N+](=O)[O-]. The van der Waals surface area contributed by atoms with Crippen LogP contribution >= 0.6 is 11.6 Å². The second kappa shape index (κ2) is 5.62. The van der Waals surface area contributed by atoms with Gasteiger partial charge in [0.1, 0.15) is 5.56 Å². The summed E-state index contributed by atoms with van der Waals surface area (Å²) in [5.41, 5.74) is 0.598. The average molecular weight is 293 g/mol. The van der Waals surface area contributed by atoms with Crippen molar-refractivity contribution in [1.29, 1.82) is 0 Å². The number of pyridine rings is 2. The Morgan fingerprint density at radius 3 is 2.80 bits per heavy atom. The second-order valence-corrected chi connectivity index (χ2v) is 4.26. The molecule has 0 spiro atoms. The Bertz CT molecular complexity index is 690. The smallest absolute Gasteiger partial charge is 0.319 e. The number of aromatic nitrogens is 2. The fourth-order valence-electron chi connectivity index (χ4n) is 1.59. The number of nitro groups is 1.